The van der Waals surface area contributed by atoms with Gasteiger partial charge in [-0.1, -0.05) is 29.8 Å². The van der Waals surface area contributed by atoms with Crippen LogP contribution in [0.15, 0.2) is 24.3 Å². The predicted molar refractivity (Wildman–Crippen MR) is 92.1 cm³/mol. The fraction of sp³-hybridized carbons (Fsp3) is 0.611. The Bertz CT molecular complexity index is 528. The Hall–Kier alpha value is -1.06. The Kier molecular flexibility index (Phi) is 5.51. The van der Waals surface area contributed by atoms with Gasteiger partial charge in [-0.2, -0.15) is 0 Å². The largest absolute Gasteiger partial charge is 0.347 e. The summed E-state index contributed by atoms with van der Waals surface area (Å²) in [5.41, 5.74) is 0.497. The highest BCUT2D eigenvalue weighted by Crippen LogP contribution is 2.28. The van der Waals surface area contributed by atoms with Crippen molar-refractivity contribution in [3.05, 3.63) is 34.9 Å². The average molecular weight is 323 g/mol. The number of likely N-dealkylation sites (tertiary alicyclic amines) is 1. The second-order valence-corrected chi connectivity index (χ2v) is 7.43. The van der Waals surface area contributed by atoms with E-state index in [1.807, 2.05) is 38.1 Å². The van der Waals surface area contributed by atoms with Crippen LogP contribution in [0, 0.1) is 5.92 Å². The Morgan fingerprint density at radius 1 is 1.36 bits per heavy atom. The molecule has 0 radical (unpaired) electrons. The van der Waals surface area contributed by atoms with Gasteiger partial charge in [-0.15, -0.1) is 0 Å². The van der Waals surface area contributed by atoms with Crippen molar-refractivity contribution in [1.29, 1.82) is 0 Å². The lowest BCUT2D eigenvalue weighted by atomic mass is 9.91. The van der Waals surface area contributed by atoms with Gasteiger partial charge in [0.1, 0.15) is 0 Å². The van der Waals surface area contributed by atoms with Crippen LogP contribution in [-0.2, 0) is 10.3 Å². The molecule has 0 aliphatic carbocycles. The summed E-state index contributed by atoms with van der Waals surface area (Å²) in [5, 5.41) is 3.89. The van der Waals surface area contributed by atoms with Crippen LogP contribution in [-0.4, -0.2) is 29.9 Å². The van der Waals surface area contributed by atoms with Crippen LogP contribution in [0.4, 0.5) is 0 Å². The van der Waals surface area contributed by atoms with E-state index in [1.54, 1.807) is 0 Å². The fourth-order valence-electron chi connectivity index (χ4n) is 3.13. The number of benzene rings is 1. The molecule has 1 fully saturated rings. The van der Waals surface area contributed by atoms with Gasteiger partial charge in [0.05, 0.1) is 11.5 Å². The molecule has 22 heavy (non-hydrogen) atoms. The van der Waals surface area contributed by atoms with Crippen molar-refractivity contribution in [3.8, 4) is 0 Å². The second kappa shape index (κ2) is 7.01. The first-order valence-electron chi connectivity index (χ1n) is 8.12. The van der Waals surface area contributed by atoms with Crippen LogP contribution < -0.4 is 5.32 Å². The number of carbonyl (C=O) groups is 1. The number of rotatable bonds is 4. The molecule has 0 aromatic heterocycles. The van der Waals surface area contributed by atoms with Gasteiger partial charge in [0.2, 0.25) is 5.91 Å². The molecule has 1 atom stereocenters. The maximum absolute atomic E-state index is 12.7. The van der Waals surface area contributed by atoms with E-state index in [4.69, 9.17) is 11.6 Å². The number of hydrogen-bond donors (Lipinski definition) is 1. The summed E-state index contributed by atoms with van der Waals surface area (Å²) < 4.78 is 0. The zero-order valence-corrected chi connectivity index (χ0v) is 14.8. The van der Waals surface area contributed by atoms with Gasteiger partial charge in [0, 0.05) is 17.6 Å². The Labute approximate surface area is 139 Å². The van der Waals surface area contributed by atoms with Gasteiger partial charge in [-0.05, 0) is 58.7 Å². The average Bonchev–Trinajstić information content (AvgIpc) is 2.47. The highest BCUT2D eigenvalue weighted by atomic mass is 35.5. The number of hydrogen-bond acceptors (Lipinski definition) is 2. The molecule has 1 amide bonds. The topological polar surface area (TPSA) is 32.3 Å². The van der Waals surface area contributed by atoms with E-state index in [2.05, 4.69) is 24.1 Å². The third-order valence-corrected chi connectivity index (χ3v) is 4.87. The van der Waals surface area contributed by atoms with E-state index in [0.717, 1.165) is 31.5 Å². The lowest BCUT2D eigenvalue weighted by molar-refractivity contribution is -0.128. The fourth-order valence-corrected chi connectivity index (χ4v) is 3.51. The molecule has 1 aromatic rings. The van der Waals surface area contributed by atoms with Crippen LogP contribution in [0.1, 0.15) is 46.1 Å². The number of piperidine rings is 1. The number of amides is 1. The first-order chi connectivity index (χ1) is 10.3. The molecule has 1 aliphatic heterocycles. The minimum absolute atomic E-state index is 0.0675. The van der Waals surface area contributed by atoms with Crippen LogP contribution in [0.5, 0.6) is 0 Å². The van der Waals surface area contributed by atoms with E-state index in [0.29, 0.717) is 11.1 Å². The summed E-state index contributed by atoms with van der Waals surface area (Å²) >= 11 is 6.28. The monoisotopic (exact) mass is 322 g/mol. The van der Waals surface area contributed by atoms with Crippen LogP contribution >= 0.6 is 11.6 Å². The molecule has 1 heterocycles. The van der Waals surface area contributed by atoms with E-state index in [-0.39, 0.29) is 11.8 Å². The van der Waals surface area contributed by atoms with Gasteiger partial charge in [-0.3, -0.25) is 4.79 Å². The Morgan fingerprint density at radius 2 is 2.05 bits per heavy atom. The second-order valence-electron chi connectivity index (χ2n) is 7.02. The highest BCUT2D eigenvalue weighted by Gasteiger charge is 2.31. The smallest absolute Gasteiger partial charge is 0.225 e. The first kappa shape index (κ1) is 17.3. The van der Waals surface area contributed by atoms with Crippen LogP contribution in [0.2, 0.25) is 5.02 Å². The molecule has 3 nitrogen and oxygen atoms in total. The normalized spacial score (nSPS) is 20.2. The quantitative estimate of drug-likeness (QED) is 0.914. The lowest BCUT2D eigenvalue weighted by Crippen LogP contribution is -2.49. The summed E-state index contributed by atoms with van der Waals surface area (Å²) in [6.07, 6.45) is 2.05. The van der Waals surface area contributed by atoms with Crippen molar-refractivity contribution in [2.24, 2.45) is 5.92 Å². The third kappa shape index (κ3) is 4.02. The summed E-state index contributed by atoms with van der Waals surface area (Å²) in [6.45, 7) is 10.3. The lowest BCUT2D eigenvalue weighted by Gasteiger charge is -2.36. The van der Waals surface area contributed by atoms with Crippen molar-refractivity contribution in [3.63, 3.8) is 0 Å². The van der Waals surface area contributed by atoms with Gasteiger partial charge >= 0.3 is 0 Å². The van der Waals surface area contributed by atoms with E-state index >= 15 is 0 Å². The first-order valence-corrected chi connectivity index (χ1v) is 8.50. The highest BCUT2D eigenvalue weighted by molar-refractivity contribution is 6.31. The van der Waals surface area contributed by atoms with Crippen molar-refractivity contribution < 1.29 is 4.79 Å². The molecule has 1 aliphatic rings. The van der Waals surface area contributed by atoms with Crippen LogP contribution in [0.25, 0.3) is 0 Å². The summed E-state index contributed by atoms with van der Waals surface area (Å²) in [4.78, 5) is 15.1. The zero-order valence-electron chi connectivity index (χ0n) is 14.0. The third-order valence-electron chi connectivity index (χ3n) is 4.54. The molecule has 1 N–H and O–H groups in total. The molecular weight excluding hydrogens is 296 g/mol. The van der Waals surface area contributed by atoms with Gasteiger partial charge < -0.3 is 10.2 Å². The molecule has 4 heteroatoms. The number of nitrogens with one attached hydrogen (secondary N) is 1. The van der Waals surface area contributed by atoms with Gasteiger partial charge in [0.15, 0.2) is 0 Å². The van der Waals surface area contributed by atoms with Crippen LogP contribution in [0.3, 0.4) is 0 Å². The minimum atomic E-state index is -0.463. The molecule has 0 spiro atoms. The van der Waals surface area contributed by atoms with Crippen molar-refractivity contribution >= 4 is 17.5 Å². The molecular formula is C18H27ClN2O. The predicted octanol–water partition coefficient (Wildman–Crippen LogP) is 3.81. The molecule has 0 bridgehead atoms. The summed E-state index contributed by atoms with van der Waals surface area (Å²) in [5.74, 6) is 0.202. The Morgan fingerprint density at radius 3 is 2.68 bits per heavy atom. The molecule has 0 saturated carbocycles. The molecule has 1 saturated heterocycles. The molecule has 2 rings (SSSR count). The van der Waals surface area contributed by atoms with Crippen molar-refractivity contribution in [2.45, 2.75) is 52.1 Å². The van der Waals surface area contributed by atoms with Gasteiger partial charge in [0.25, 0.3) is 0 Å². The van der Waals surface area contributed by atoms with Gasteiger partial charge in [-0.25, -0.2) is 0 Å². The van der Waals surface area contributed by atoms with E-state index < -0.39 is 5.54 Å². The zero-order chi connectivity index (χ0) is 16.3. The van der Waals surface area contributed by atoms with E-state index in [9.17, 15) is 4.79 Å². The molecule has 122 valence electrons. The number of halogens is 1. The summed E-state index contributed by atoms with van der Waals surface area (Å²) in [6, 6.07) is 8.20. The maximum atomic E-state index is 12.7. The SMILES string of the molecule is CC(C)N1CCC[C@H](C(=O)NC(C)(C)c2ccccc2Cl)C1. The number of nitrogens with zero attached hydrogens (tertiary/aromatic N) is 1. The standard InChI is InChI=1S/C18H27ClN2O/c1-13(2)21-11-7-8-14(12-21)17(22)20-18(3,4)15-9-5-6-10-16(15)19/h5-6,9-10,13-14H,7-8,11-12H2,1-4H3,(H,20,22)/t14-/m0/s1. The van der Waals surface area contributed by atoms with Crippen molar-refractivity contribution in [2.75, 3.05) is 13.1 Å². The molecule has 1 aromatic carbocycles. The van der Waals surface area contributed by atoms with E-state index in [1.165, 1.54) is 0 Å². The maximum Gasteiger partial charge on any atom is 0.225 e. The Balaban J connectivity index is 2.06. The summed E-state index contributed by atoms with van der Waals surface area (Å²) in [7, 11) is 0. The van der Waals surface area contributed by atoms with Crippen molar-refractivity contribution in [1.82, 2.24) is 10.2 Å². The number of carbonyl (C=O) groups excluding carboxylic acids is 1. The minimum Gasteiger partial charge on any atom is -0.347 e. The molecule has 0 unspecified atom stereocenters.